The van der Waals surface area contributed by atoms with Gasteiger partial charge in [0.05, 0.1) is 17.9 Å². The third kappa shape index (κ3) is 3.03. The molecule has 6 heteroatoms. The maximum Gasteiger partial charge on any atom is 0.405 e. The number of amides is 1. The van der Waals surface area contributed by atoms with Crippen LogP contribution in [-0.4, -0.2) is 21.2 Å². The lowest BCUT2D eigenvalue weighted by atomic mass is 10.1. The Morgan fingerprint density at radius 2 is 2.30 bits per heavy atom. The highest BCUT2D eigenvalue weighted by Gasteiger charge is 2.17. The van der Waals surface area contributed by atoms with Gasteiger partial charge < -0.3 is 15.4 Å². The van der Waals surface area contributed by atoms with E-state index in [1.807, 2.05) is 0 Å². The summed E-state index contributed by atoms with van der Waals surface area (Å²) < 4.78 is 13.7. The molecule has 5 nitrogen and oxygen atoms in total. The molecule has 0 saturated carbocycles. The molecule has 0 aliphatic rings. The van der Waals surface area contributed by atoms with Crippen molar-refractivity contribution < 1.29 is 14.3 Å². The fourth-order valence-electron chi connectivity index (χ4n) is 1.88. The molecule has 1 amide bonds. The van der Waals surface area contributed by atoms with Crippen molar-refractivity contribution in [2.75, 3.05) is 0 Å². The summed E-state index contributed by atoms with van der Waals surface area (Å²) in [5, 5.41) is 11.1. The summed E-state index contributed by atoms with van der Waals surface area (Å²) in [5.74, 6) is 0.0553. The zero-order valence-electron chi connectivity index (χ0n) is 10.6. The maximum atomic E-state index is 13.7. The number of nitrogens with one attached hydrogen (secondary N) is 2. The van der Waals surface area contributed by atoms with Crippen LogP contribution in [0, 0.1) is 5.82 Å². The Balaban J connectivity index is 2.29. The minimum Gasteiger partial charge on any atom is -0.465 e. The number of aromatic amines is 1. The first-order valence-electron chi connectivity index (χ1n) is 6.02. The number of carboxylic acid groups (broad SMARTS) is 1. The minimum atomic E-state index is -1.15. The zero-order chi connectivity index (χ0) is 14.5. The molecule has 0 aliphatic heterocycles. The number of halogens is 1. The normalized spacial score (nSPS) is 11.8. The predicted molar refractivity (Wildman–Crippen MR) is 72.7 cm³/mol. The average molecular weight is 275 g/mol. The topological polar surface area (TPSA) is 78.0 Å². The van der Waals surface area contributed by atoms with Gasteiger partial charge in [-0.3, -0.25) is 0 Å². The van der Waals surface area contributed by atoms with E-state index in [0.29, 0.717) is 23.5 Å². The summed E-state index contributed by atoms with van der Waals surface area (Å²) in [5.41, 5.74) is 0.887. The number of H-pyrrole nitrogens is 1. The first-order valence-corrected chi connectivity index (χ1v) is 6.02. The minimum absolute atomic E-state index is 0.367. The third-order valence-electron chi connectivity index (χ3n) is 2.79. The Bertz CT molecular complexity index is 624. The highest BCUT2D eigenvalue weighted by molar-refractivity contribution is 5.65. The van der Waals surface area contributed by atoms with Crippen molar-refractivity contribution in [2.45, 2.75) is 12.5 Å². The van der Waals surface area contributed by atoms with Crippen molar-refractivity contribution in [1.29, 1.82) is 0 Å². The molecule has 1 aromatic heterocycles. The quantitative estimate of drug-likeness (QED) is 0.734. The van der Waals surface area contributed by atoms with Crippen LogP contribution >= 0.6 is 0 Å². The Kier molecular flexibility index (Phi) is 4.14. The van der Waals surface area contributed by atoms with Crippen molar-refractivity contribution in [3.8, 4) is 11.3 Å². The third-order valence-corrected chi connectivity index (χ3v) is 2.79. The van der Waals surface area contributed by atoms with Crippen LogP contribution in [0.4, 0.5) is 9.18 Å². The molecule has 1 aromatic carbocycles. The molecule has 2 aromatic rings. The number of aromatic nitrogens is 2. The van der Waals surface area contributed by atoms with Crippen molar-refractivity contribution >= 4 is 6.09 Å². The summed E-state index contributed by atoms with van der Waals surface area (Å²) in [6.07, 6.45) is 2.30. The first-order chi connectivity index (χ1) is 9.61. The van der Waals surface area contributed by atoms with Crippen molar-refractivity contribution in [3.05, 3.63) is 54.8 Å². The number of imidazole rings is 1. The molecule has 104 valence electrons. The number of carbonyl (C=O) groups is 1. The fraction of sp³-hybridized carbons (Fsp3) is 0.143. The van der Waals surface area contributed by atoms with E-state index in [9.17, 15) is 9.18 Å². The molecule has 0 bridgehead atoms. The number of rotatable bonds is 5. The van der Waals surface area contributed by atoms with E-state index in [2.05, 4.69) is 21.9 Å². The van der Waals surface area contributed by atoms with Crippen LogP contribution in [0.1, 0.15) is 18.3 Å². The van der Waals surface area contributed by atoms with Gasteiger partial charge in [-0.25, -0.2) is 14.2 Å². The highest BCUT2D eigenvalue weighted by Crippen LogP contribution is 2.23. The molecule has 1 heterocycles. The molecule has 0 aliphatic carbocycles. The Labute approximate surface area is 115 Å². The van der Waals surface area contributed by atoms with Crippen LogP contribution in [0.2, 0.25) is 0 Å². The molecule has 0 saturated heterocycles. The van der Waals surface area contributed by atoms with Gasteiger partial charge in [-0.15, -0.1) is 6.58 Å². The number of benzene rings is 1. The van der Waals surface area contributed by atoms with Gasteiger partial charge in [-0.2, -0.15) is 0 Å². The van der Waals surface area contributed by atoms with E-state index in [1.54, 1.807) is 24.3 Å². The highest BCUT2D eigenvalue weighted by atomic mass is 19.1. The van der Waals surface area contributed by atoms with E-state index in [-0.39, 0.29) is 5.82 Å². The molecule has 1 atom stereocenters. The second-order valence-corrected chi connectivity index (χ2v) is 4.19. The number of hydrogen-bond acceptors (Lipinski definition) is 2. The zero-order valence-corrected chi connectivity index (χ0v) is 10.6. The average Bonchev–Trinajstić information content (AvgIpc) is 2.87. The van der Waals surface area contributed by atoms with Gasteiger partial charge in [0, 0.05) is 5.56 Å². The SMILES string of the molecule is C=CCC(NC(=O)O)c1ncc(-c2ccccc2F)[nH]1. The molecule has 20 heavy (non-hydrogen) atoms. The summed E-state index contributed by atoms with van der Waals surface area (Å²) in [4.78, 5) is 17.8. The maximum absolute atomic E-state index is 13.7. The predicted octanol–water partition coefficient (Wildman–Crippen LogP) is 3.10. The van der Waals surface area contributed by atoms with Gasteiger partial charge in [-0.05, 0) is 18.6 Å². The van der Waals surface area contributed by atoms with E-state index >= 15 is 0 Å². The van der Waals surface area contributed by atoms with Crippen LogP contribution in [0.3, 0.4) is 0 Å². The number of nitrogens with zero attached hydrogens (tertiary/aromatic N) is 1. The van der Waals surface area contributed by atoms with Gasteiger partial charge >= 0.3 is 6.09 Å². The van der Waals surface area contributed by atoms with Crippen molar-refractivity contribution in [3.63, 3.8) is 0 Å². The van der Waals surface area contributed by atoms with E-state index in [4.69, 9.17) is 5.11 Å². The van der Waals surface area contributed by atoms with Crippen LogP contribution in [0.5, 0.6) is 0 Å². The summed E-state index contributed by atoms with van der Waals surface area (Å²) in [6.45, 7) is 3.58. The van der Waals surface area contributed by atoms with Crippen LogP contribution in [-0.2, 0) is 0 Å². The lowest BCUT2D eigenvalue weighted by molar-refractivity contribution is 0.189. The second-order valence-electron chi connectivity index (χ2n) is 4.19. The van der Waals surface area contributed by atoms with Crippen LogP contribution in [0.25, 0.3) is 11.3 Å². The van der Waals surface area contributed by atoms with E-state index in [0.717, 1.165) is 0 Å². The van der Waals surface area contributed by atoms with E-state index in [1.165, 1.54) is 12.3 Å². The van der Waals surface area contributed by atoms with Gasteiger partial charge in [0.25, 0.3) is 0 Å². The molecule has 0 fully saturated rings. The Morgan fingerprint density at radius 1 is 1.55 bits per heavy atom. The molecule has 2 rings (SSSR count). The molecule has 1 unspecified atom stereocenters. The fourth-order valence-corrected chi connectivity index (χ4v) is 1.88. The number of hydrogen-bond donors (Lipinski definition) is 3. The van der Waals surface area contributed by atoms with Gasteiger partial charge in [0.1, 0.15) is 11.6 Å². The van der Waals surface area contributed by atoms with Crippen LogP contribution in [0.15, 0.2) is 43.1 Å². The van der Waals surface area contributed by atoms with Crippen molar-refractivity contribution in [1.82, 2.24) is 15.3 Å². The van der Waals surface area contributed by atoms with Gasteiger partial charge in [0.15, 0.2) is 0 Å². The molecule has 0 radical (unpaired) electrons. The largest absolute Gasteiger partial charge is 0.465 e. The van der Waals surface area contributed by atoms with Crippen molar-refractivity contribution in [2.24, 2.45) is 0 Å². The second kappa shape index (κ2) is 6.01. The standard InChI is InChI=1S/C14H14FN3O2/c1-2-5-11(18-14(19)20)13-16-8-12(17-13)9-6-3-4-7-10(9)15/h2-4,6-8,11,18H,1,5H2,(H,16,17)(H,19,20). The Hall–Kier alpha value is -2.63. The summed E-state index contributed by atoms with van der Waals surface area (Å²) in [6, 6.07) is 5.76. The lowest BCUT2D eigenvalue weighted by Gasteiger charge is -2.12. The smallest absolute Gasteiger partial charge is 0.405 e. The molecule has 3 N–H and O–H groups in total. The lowest BCUT2D eigenvalue weighted by Crippen LogP contribution is -2.27. The monoisotopic (exact) mass is 275 g/mol. The van der Waals surface area contributed by atoms with Gasteiger partial charge in [0.2, 0.25) is 0 Å². The molecule has 0 spiro atoms. The van der Waals surface area contributed by atoms with Gasteiger partial charge in [-0.1, -0.05) is 18.2 Å². The molecular weight excluding hydrogens is 261 g/mol. The Morgan fingerprint density at radius 3 is 2.95 bits per heavy atom. The summed E-state index contributed by atoms with van der Waals surface area (Å²) >= 11 is 0. The van der Waals surface area contributed by atoms with Crippen LogP contribution < -0.4 is 5.32 Å². The van der Waals surface area contributed by atoms with E-state index < -0.39 is 12.1 Å². The molecular formula is C14H14FN3O2. The first kappa shape index (κ1) is 13.8. The summed E-state index contributed by atoms with van der Waals surface area (Å²) in [7, 11) is 0.